The Bertz CT molecular complexity index is 524. The van der Waals surface area contributed by atoms with Crippen LogP contribution in [0.25, 0.3) is 0 Å². The van der Waals surface area contributed by atoms with E-state index in [0.29, 0.717) is 6.61 Å². The molecule has 0 amide bonds. The lowest BCUT2D eigenvalue weighted by Gasteiger charge is -2.13. The topological polar surface area (TPSA) is 9.23 Å². The molecule has 0 saturated carbocycles. The molecule has 0 spiro atoms. The summed E-state index contributed by atoms with van der Waals surface area (Å²) in [7, 11) is 0. The van der Waals surface area contributed by atoms with E-state index in [0.717, 1.165) is 26.7 Å². The van der Waals surface area contributed by atoms with Crippen molar-refractivity contribution in [2.24, 2.45) is 0 Å². The van der Waals surface area contributed by atoms with Gasteiger partial charge in [0.15, 0.2) is 0 Å². The molecule has 0 saturated heterocycles. The van der Waals surface area contributed by atoms with Gasteiger partial charge in [0.2, 0.25) is 0 Å². The summed E-state index contributed by atoms with van der Waals surface area (Å²) in [6.45, 7) is 2.67. The Hall–Kier alpha value is -0.800. The minimum absolute atomic E-state index is 0.601. The van der Waals surface area contributed by atoms with E-state index in [1.807, 2.05) is 18.2 Å². The van der Waals surface area contributed by atoms with Crippen LogP contribution in [0.15, 0.2) is 46.9 Å². The lowest BCUT2D eigenvalue weighted by Crippen LogP contribution is -1.99. The molecular weight excluding hydrogens is 356 g/mol. The number of hydrogen-bond acceptors (Lipinski definition) is 1. The molecule has 0 heterocycles. The predicted molar refractivity (Wildman–Crippen MR) is 82.3 cm³/mol. The first-order valence-corrected chi connectivity index (χ1v) is 7.64. The van der Waals surface area contributed by atoms with E-state index in [4.69, 9.17) is 4.74 Å². The summed E-state index contributed by atoms with van der Waals surface area (Å²) in [6.07, 6.45) is 0. The number of rotatable bonds is 4. The normalized spacial score (nSPS) is 10.4. The van der Waals surface area contributed by atoms with Gasteiger partial charge < -0.3 is 4.74 Å². The average Bonchev–Trinajstić information content (AvgIpc) is 2.38. The summed E-state index contributed by atoms with van der Waals surface area (Å²) in [6, 6.07) is 14.4. The van der Waals surface area contributed by atoms with Gasteiger partial charge in [0.05, 0.1) is 0 Å². The molecule has 0 N–H and O–H groups in total. The predicted octanol–water partition coefficient (Wildman–Crippen LogP) is 5.23. The number of aryl methyl sites for hydroxylation is 1. The van der Waals surface area contributed by atoms with Crippen LogP contribution >= 0.6 is 31.9 Å². The van der Waals surface area contributed by atoms with Gasteiger partial charge >= 0.3 is 0 Å². The zero-order valence-electron chi connectivity index (χ0n) is 10.1. The van der Waals surface area contributed by atoms with Crippen molar-refractivity contribution in [3.05, 3.63) is 63.6 Å². The number of hydrogen-bond donors (Lipinski definition) is 0. The lowest BCUT2D eigenvalue weighted by atomic mass is 10.1. The van der Waals surface area contributed by atoms with Crippen LogP contribution in [0.5, 0.6) is 5.75 Å². The van der Waals surface area contributed by atoms with E-state index < -0.39 is 0 Å². The molecule has 0 aliphatic carbocycles. The largest absolute Gasteiger partial charge is 0.488 e. The van der Waals surface area contributed by atoms with Crippen molar-refractivity contribution in [1.29, 1.82) is 0 Å². The Morgan fingerprint density at radius 2 is 1.83 bits per heavy atom. The second kappa shape index (κ2) is 6.39. The van der Waals surface area contributed by atoms with Gasteiger partial charge in [0, 0.05) is 15.4 Å². The first-order valence-electron chi connectivity index (χ1n) is 5.72. The molecule has 0 unspecified atom stereocenters. The first kappa shape index (κ1) is 13.6. The van der Waals surface area contributed by atoms with E-state index in [9.17, 15) is 0 Å². The Labute approximate surface area is 124 Å². The Kier molecular flexibility index (Phi) is 4.84. The van der Waals surface area contributed by atoms with Crippen molar-refractivity contribution in [3.8, 4) is 5.75 Å². The summed E-state index contributed by atoms with van der Waals surface area (Å²) >= 11 is 7.01. The highest BCUT2D eigenvalue weighted by atomic mass is 79.9. The Morgan fingerprint density at radius 3 is 2.50 bits per heavy atom. The maximum atomic E-state index is 5.95. The van der Waals surface area contributed by atoms with Crippen molar-refractivity contribution >= 4 is 31.9 Å². The average molecular weight is 370 g/mol. The molecule has 2 rings (SSSR count). The summed E-state index contributed by atoms with van der Waals surface area (Å²) in [5.41, 5.74) is 3.49. The Morgan fingerprint density at radius 1 is 1.11 bits per heavy atom. The second-order valence-corrected chi connectivity index (χ2v) is 5.60. The van der Waals surface area contributed by atoms with E-state index in [1.54, 1.807) is 0 Å². The Balaban J connectivity index is 2.19. The highest BCUT2D eigenvalue weighted by Gasteiger charge is 2.08. The molecular formula is C15H14Br2O. The van der Waals surface area contributed by atoms with E-state index >= 15 is 0 Å². The fourth-order valence-electron chi connectivity index (χ4n) is 1.83. The minimum Gasteiger partial charge on any atom is -0.488 e. The highest BCUT2D eigenvalue weighted by Crippen LogP contribution is 2.30. The van der Waals surface area contributed by atoms with Crippen LogP contribution in [0, 0.1) is 6.92 Å². The molecule has 2 aromatic carbocycles. The number of alkyl halides is 1. The van der Waals surface area contributed by atoms with Crippen LogP contribution in [-0.4, -0.2) is 0 Å². The quantitative estimate of drug-likeness (QED) is 0.670. The highest BCUT2D eigenvalue weighted by molar-refractivity contribution is 9.10. The summed E-state index contributed by atoms with van der Waals surface area (Å²) in [5, 5.41) is 0.789. The zero-order chi connectivity index (χ0) is 13.0. The van der Waals surface area contributed by atoms with Crippen LogP contribution < -0.4 is 4.74 Å². The molecule has 18 heavy (non-hydrogen) atoms. The number of ether oxygens (including phenoxy) is 1. The maximum Gasteiger partial charge on any atom is 0.126 e. The molecule has 0 fully saturated rings. The van der Waals surface area contributed by atoms with Crippen LogP contribution in [0.4, 0.5) is 0 Å². The maximum absolute atomic E-state index is 5.95. The monoisotopic (exact) mass is 368 g/mol. The number of halogens is 2. The van der Waals surface area contributed by atoms with E-state index in [2.05, 4.69) is 63.0 Å². The first-order chi connectivity index (χ1) is 8.70. The van der Waals surface area contributed by atoms with Crippen molar-refractivity contribution in [2.45, 2.75) is 18.9 Å². The van der Waals surface area contributed by atoms with Crippen LogP contribution in [0.1, 0.15) is 16.7 Å². The van der Waals surface area contributed by atoms with Crippen molar-refractivity contribution in [1.82, 2.24) is 0 Å². The van der Waals surface area contributed by atoms with Gasteiger partial charge in [0.25, 0.3) is 0 Å². The molecule has 0 bridgehead atoms. The molecule has 2 aromatic rings. The fourth-order valence-corrected chi connectivity index (χ4v) is 2.87. The molecule has 0 aromatic heterocycles. The van der Waals surface area contributed by atoms with Crippen molar-refractivity contribution < 1.29 is 4.74 Å². The van der Waals surface area contributed by atoms with Crippen LogP contribution in [0.3, 0.4) is 0 Å². The summed E-state index contributed by atoms with van der Waals surface area (Å²) in [4.78, 5) is 0. The lowest BCUT2D eigenvalue weighted by molar-refractivity contribution is 0.302. The summed E-state index contributed by atoms with van der Waals surface area (Å²) < 4.78 is 7.03. The second-order valence-electron chi connectivity index (χ2n) is 4.12. The van der Waals surface area contributed by atoms with Gasteiger partial charge in [-0.1, -0.05) is 62.2 Å². The molecule has 0 radical (unpaired) electrons. The standard InChI is InChI=1S/C15H14Br2O/c1-11-7-14(17)8-13(9-16)15(11)18-10-12-5-3-2-4-6-12/h2-8H,9-10H2,1H3. The zero-order valence-corrected chi connectivity index (χ0v) is 13.3. The van der Waals surface area contributed by atoms with E-state index in [-0.39, 0.29) is 0 Å². The van der Waals surface area contributed by atoms with Crippen molar-refractivity contribution in [2.75, 3.05) is 0 Å². The molecule has 3 heteroatoms. The van der Waals surface area contributed by atoms with Crippen LogP contribution in [0.2, 0.25) is 0 Å². The van der Waals surface area contributed by atoms with Crippen LogP contribution in [-0.2, 0) is 11.9 Å². The molecule has 0 aliphatic rings. The van der Waals surface area contributed by atoms with Gasteiger partial charge in [-0.3, -0.25) is 0 Å². The molecule has 94 valence electrons. The third-order valence-corrected chi connectivity index (χ3v) is 3.75. The number of benzene rings is 2. The summed E-state index contributed by atoms with van der Waals surface area (Å²) in [5.74, 6) is 0.971. The molecule has 1 nitrogen and oxygen atoms in total. The van der Waals surface area contributed by atoms with Gasteiger partial charge in [-0.15, -0.1) is 0 Å². The minimum atomic E-state index is 0.601. The molecule has 0 aliphatic heterocycles. The van der Waals surface area contributed by atoms with Gasteiger partial charge in [0.1, 0.15) is 12.4 Å². The van der Waals surface area contributed by atoms with Gasteiger partial charge in [-0.05, 0) is 30.2 Å². The van der Waals surface area contributed by atoms with Gasteiger partial charge in [-0.25, -0.2) is 0 Å². The van der Waals surface area contributed by atoms with E-state index in [1.165, 1.54) is 5.56 Å². The fraction of sp³-hybridized carbons (Fsp3) is 0.200. The molecule has 0 atom stereocenters. The smallest absolute Gasteiger partial charge is 0.126 e. The van der Waals surface area contributed by atoms with Gasteiger partial charge in [-0.2, -0.15) is 0 Å². The van der Waals surface area contributed by atoms with Crippen molar-refractivity contribution in [3.63, 3.8) is 0 Å². The third kappa shape index (κ3) is 3.36. The SMILES string of the molecule is Cc1cc(Br)cc(CBr)c1OCc1ccccc1. The third-order valence-electron chi connectivity index (χ3n) is 2.69.